The molecule has 3 rings (SSSR count). The lowest BCUT2D eigenvalue weighted by molar-refractivity contribution is 0.0946. The third kappa shape index (κ3) is 1.99. The van der Waals surface area contributed by atoms with Crippen LogP contribution in [0, 0.1) is 11.3 Å². The Morgan fingerprint density at radius 2 is 2.17 bits per heavy atom. The first-order valence-electron chi connectivity index (χ1n) is 6.54. The van der Waals surface area contributed by atoms with Gasteiger partial charge < -0.3 is 5.32 Å². The predicted octanol–water partition coefficient (Wildman–Crippen LogP) is 3.45. The zero-order valence-electron chi connectivity index (χ0n) is 10.8. The highest BCUT2D eigenvalue weighted by molar-refractivity contribution is 9.09. The molecule has 0 saturated heterocycles. The van der Waals surface area contributed by atoms with Crippen molar-refractivity contribution < 1.29 is 4.79 Å². The van der Waals surface area contributed by atoms with Gasteiger partial charge in [0.1, 0.15) is 0 Å². The number of hydrogen-bond donors (Lipinski definition) is 1. The molecule has 96 valence electrons. The maximum Gasteiger partial charge on any atom is 0.251 e. The highest BCUT2D eigenvalue weighted by Gasteiger charge is 2.49. The van der Waals surface area contributed by atoms with Crippen molar-refractivity contribution in [2.45, 2.75) is 31.5 Å². The summed E-state index contributed by atoms with van der Waals surface area (Å²) in [6.07, 6.45) is 2.20. The first-order chi connectivity index (χ1) is 8.49. The third-order valence-corrected chi connectivity index (χ3v) is 5.49. The van der Waals surface area contributed by atoms with E-state index in [1.54, 1.807) is 0 Å². The fourth-order valence-electron chi connectivity index (χ4n) is 2.84. The van der Waals surface area contributed by atoms with Crippen molar-refractivity contribution in [2.24, 2.45) is 11.3 Å². The van der Waals surface area contributed by atoms with Crippen LogP contribution in [0.25, 0.3) is 0 Å². The quantitative estimate of drug-likeness (QED) is 0.833. The van der Waals surface area contributed by atoms with Crippen LogP contribution in [0.1, 0.15) is 46.6 Å². The first kappa shape index (κ1) is 12.2. The number of carbonyl (C=O) groups is 1. The van der Waals surface area contributed by atoms with Crippen LogP contribution in [-0.2, 0) is 6.42 Å². The molecule has 1 aliphatic carbocycles. The Labute approximate surface area is 116 Å². The van der Waals surface area contributed by atoms with Gasteiger partial charge in [0, 0.05) is 16.9 Å². The summed E-state index contributed by atoms with van der Waals surface area (Å²) in [6, 6.07) is 6.36. The molecule has 0 radical (unpaired) electrons. The molecule has 0 aromatic heterocycles. The minimum absolute atomic E-state index is 0.0767. The summed E-state index contributed by atoms with van der Waals surface area (Å²) in [6.45, 7) is 5.37. The van der Waals surface area contributed by atoms with Gasteiger partial charge in [0.15, 0.2) is 0 Å². The Bertz CT molecular complexity index is 509. The number of carbonyl (C=O) groups excluding carboxylic acids is 1. The first-order valence-corrected chi connectivity index (χ1v) is 7.46. The number of benzene rings is 1. The number of fused-ring (bicyclic) bond motifs is 1. The Hall–Kier alpha value is -0.830. The summed E-state index contributed by atoms with van der Waals surface area (Å²) in [5.41, 5.74) is 3.71. The van der Waals surface area contributed by atoms with Crippen LogP contribution < -0.4 is 5.32 Å². The Balaban J connectivity index is 1.90. The average molecular weight is 308 g/mol. The molecule has 1 fully saturated rings. The van der Waals surface area contributed by atoms with E-state index in [-0.39, 0.29) is 5.91 Å². The van der Waals surface area contributed by atoms with Gasteiger partial charge in [0.05, 0.1) is 0 Å². The number of halogens is 1. The van der Waals surface area contributed by atoms with Crippen molar-refractivity contribution in [3.8, 4) is 0 Å². The van der Waals surface area contributed by atoms with Gasteiger partial charge >= 0.3 is 0 Å². The number of amides is 1. The van der Waals surface area contributed by atoms with Gasteiger partial charge in [-0.3, -0.25) is 4.79 Å². The van der Waals surface area contributed by atoms with Gasteiger partial charge in [-0.25, -0.2) is 0 Å². The van der Waals surface area contributed by atoms with E-state index < -0.39 is 0 Å². The summed E-state index contributed by atoms with van der Waals surface area (Å²) in [5.74, 6) is 0.759. The number of rotatable bonds is 2. The minimum atomic E-state index is 0.0767. The third-order valence-electron chi connectivity index (χ3n) is 4.32. The van der Waals surface area contributed by atoms with Crippen LogP contribution in [0.5, 0.6) is 0 Å². The second-order valence-corrected chi connectivity index (χ2v) is 7.11. The molecule has 1 aliphatic heterocycles. The number of hydrogen-bond acceptors (Lipinski definition) is 1. The van der Waals surface area contributed by atoms with Crippen LogP contribution in [0.3, 0.4) is 0 Å². The molecule has 2 nitrogen and oxygen atoms in total. The van der Waals surface area contributed by atoms with Crippen molar-refractivity contribution in [1.29, 1.82) is 0 Å². The molecule has 18 heavy (non-hydrogen) atoms. The lowest BCUT2D eigenvalue weighted by Crippen LogP contribution is -2.31. The number of nitrogens with one attached hydrogen (secondary N) is 1. The zero-order chi connectivity index (χ0) is 12.9. The molecule has 2 unspecified atom stereocenters. The Kier molecular flexibility index (Phi) is 2.77. The molecular formula is C15H18BrNO. The largest absolute Gasteiger partial charge is 0.352 e. The van der Waals surface area contributed by atoms with Crippen molar-refractivity contribution in [2.75, 3.05) is 6.54 Å². The summed E-state index contributed by atoms with van der Waals surface area (Å²) in [7, 11) is 0. The summed E-state index contributed by atoms with van der Waals surface area (Å²) in [5, 5.41) is 2.91. The van der Waals surface area contributed by atoms with E-state index in [0.717, 1.165) is 18.5 Å². The van der Waals surface area contributed by atoms with E-state index in [4.69, 9.17) is 0 Å². The zero-order valence-corrected chi connectivity index (χ0v) is 12.4. The molecule has 3 heteroatoms. The van der Waals surface area contributed by atoms with E-state index in [1.807, 2.05) is 0 Å². The molecule has 1 aromatic rings. The van der Waals surface area contributed by atoms with Crippen molar-refractivity contribution >= 4 is 21.8 Å². The highest BCUT2D eigenvalue weighted by Crippen LogP contribution is 2.60. The van der Waals surface area contributed by atoms with Gasteiger partial charge in [-0.2, -0.15) is 0 Å². The van der Waals surface area contributed by atoms with Crippen molar-refractivity contribution in [3.63, 3.8) is 0 Å². The van der Waals surface area contributed by atoms with Gasteiger partial charge in [0.2, 0.25) is 0 Å². The second kappa shape index (κ2) is 4.09. The SMILES string of the molecule is CC1(C)CC1C(Br)c1ccc2c(c1)C(=O)NCC2. The van der Waals surface area contributed by atoms with Crippen molar-refractivity contribution in [3.05, 3.63) is 34.9 Å². The van der Waals surface area contributed by atoms with Gasteiger partial charge in [0.25, 0.3) is 5.91 Å². The molecule has 1 N–H and O–H groups in total. The molecule has 1 amide bonds. The van der Waals surface area contributed by atoms with E-state index in [1.165, 1.54) is 17.5 Å². The van der Waals surface area contributed by atoms with Gasteiger partial charge in [-0.1, -0.05) is 41.9 Å². The molecule has 0 spiro atoms. The second-order valence-electron chi connectivity index (χ2n) is 6.12. The smallest absolute Gasteiger partial charge is 0.251 e. The molecule has 1 aromatic carbocycles. The van der Waals surface area contributed by atoms with E-state index in [0.29, 0.717) is 16.2 Å². The Morgan fingerprint density at radius 1 is 1.44 bits per heavy atom. The highest BCUT2D eigenvalue weighted by atomic mass is 79.9. The van der Waals surface area contributed by atoms with E-state index in [2.05, 4.69) is 53.3 Å². The maximum absolute atomic E-state index is 11.8. The van der Waals surface area contributed by atoms with Crippen LogP contribution in [-0.4, -0.2) is 12.5 Å². The molecular weight excluding hydrogens is 290 g/mol. The summed E-state index contributed by atoms with van der Waals surface area (Å²) in [4.78, 5) is 12.2. The molecule has 0 bridgehead atoms. The molecule has 2 aliphatic rings. The fraction of sp³-hybridized carbons (Fsp3) is 0.533. The topological polar surface area (TPSA) is 29.1 Å². The summed E-state index contributed by atoms with van der Waals surface area (Å²) >= 11 is 3.80. The number of alkyl halides is 1. The van der Waals surface area contributed by atoms with E-state index in [9.17, 15) is 4.79 Å². The van der Waals surface area contributed by atoms with Crippen LogP contribution >= 0.6 is 15.9 Å². The van der Waals surface area contributed by atoms with Gasteiger partial charge in [-0.05, 0) is 41.4 Å². The molecule has 1 saturated carbocycles. The maximum atomic E-state index is 11.8. The lowest BCUT2D eigenvalue weighted by atomic mass is 9.95. The van der Waals surface area contributed by atoms with Gasteiger partial charge in [-0.15, -0.1) is 0 Å². The normalized spacial score (nSPS) is 26.2. The van der Waals surface area contributed by atoms with Crippen LogP contribution in [0.15, 0.2) is 18.2 Å². The summed E-state index contributed by atoms with van der Waals surface area (Å²) < 4.78 is 0. The average Bonchev–Trinajstić information content (AvgIpc) is 2.98. The minimum Gasteiger partial charge on any atom is -0.352 e. The van der Waals surface area contributed by atoms with E-state index >= 15 is 0 Å². The van der Waals surface area contributed by atoms with Crippen molar-refractivity contribution in [1.82, 2.24) is 5.32 Å². The lowest BCUT2D eigenvalue weighted by Gasteiger charge is -2.19. The van der Waals surface area contributed by atoms with Crippen LogP contribution in [0.2, 0.25) is 0 Å². The monoisotopic (exact) mass is 307 g/mol. The molecule has 2 atom stereocenters. The standard InChI is InChI=1S/C15H18BrNO/c1-15(2)8-12(15)13(16)10-4-3-9-5-6-17-14(18)11(9)7-10/h3-4,7,12-13H,5-6,8H2,1-2H3,(H,17,18). The Morgan fingerprint density at radius 3 is 2.83 bits per heavy atom. The predicted molar refractivity (Wildman–Crippen MR) is 76.0 cm³/mol. The fourth-order valence-corrected chi connectivity index (χ4v) is 4.03. The van der Waals surface area contributed by atoms with Crippen LogP contribution in [0.4, 0.5) is 0 Å². The molecule has 1 heterocycles.